The van der Waals surface area contributed by atoms with Crippen molar-refractivity contribution in [3.63, 3.8) is 0 Å². The third kappa shape index (κ3) is 5.77. The lowest BCUT2D eigenvalue weighted by Crippen LogP contribution is -2.19. The molecule has 0 fully saturated rings. The molecule has 0 aliphatic rings. The normalized spacial score (nSPS) is 12.8. The van der Waals surface area contributed by atoms with E-state index < -0.39 is 6.10 Å². The summed E-state index contributed by atoms with van der Waals surface area (Å²) in [4.78, 5) is 2.39. The molecular formula is C22H31NO. The summed E-state index contributed by atoms with van der Waals surface area (Å²) in [6.07, 6.45) is 2.13. The largest absolute Gasteiger partial charge is 0.389 e. The molecule has 0 saturated carbocycles. The average Bonchev–Trinajstić information content (AvgIpc) is 2.55. The van der Waals surface area contributed by atoms with Crippen LogP contribution in [0.15, 0.2) is 48.5 Å². The van der Waals surface area contributed by atoms with E-state index in [9.17, 15) is 5.11 Å². The van der Waals surface area contributed by atoms with E-state index >= 15 is 0 Å². The highest BCUT2D eigenvalue weighted by molar-refractivity contribution is 5.64. The highest BCUT2D eigenvalue weighted by Gasteiger charge is 2.05. The quantitative estimate of drug-likeness (QED) is 0.714. The van der Waals surface area contributed by atoms with Crippen molar-refractivity contribution in [2.45, 2.75) is 46.3 Å². The SMILES string of the molecule is CC(C)CCCN(C)Cc1ccc(-c2cccc(C(C)O)c2)cc1. The maximum Gasteiger partial charge on any atom is 0.0762 e. The summed E-state index contributed by atoms with van der Waals surface area (Å²) in [5.41, 5.74) is 4.66. The number of benzene rings is 2. The van der Waals surface area contributed by atoms with Crippen LogP contribution in [0.25, 0.3) is 11.1 Å². The van der Waals surface area contributed by atoms with Crippen LogP contribution < -0.4 is 0 Å². The van der Waals surface area contributed by atoms with Gasteiger partial charge in [-0.15, -0.1) is 0 Å². The molecule has 2 heteroatoms. The summed E-state index contributed by atoms with van der Waals surface area (Å²) >= 11 is 0. The topological polar surface area (TPSA) is 23.5 Å². The molecule has 0 heterocycles. The Morgan fingerprint density at radius 3 is 2.29 bits per heavy atom. The maximum absolute atomic E-state index is 9.74. The van der Waals surface area contributed by atoms with Gasteiger partial charge in [0.2, 0.25) is 0 Å². The zero-order valence-electron chi connectivity index (χ0n) is 15.5. The van der Waals surface area contributed by atoms with Gasteiger partial charge in [0.15, 0.2) is 0 Å². The van der Waals surface area contributed by atoms with E-state index in [0.29, 0.717) is 0 Å². The first kappa shape index (κ1) is 18.7. The van der Waals surface area contributed by atoms with Crippen LogP contribution in [0.2, 0.25) is 0 Å². The predicted octanol–water partition coefficient (Wildman–Crippen LogP) is 5.27. The second-order valence-corrected chi connectivity index (χ2v) is 7.27. The van der Waals surface area contributed by atoms with Crippen molar-refractivity contribution < 1.29 is 5.11 Å². The first-order valence-corrected chi connectivity index (χ1v) is 9.01. The summed E-state index contributed by atoms with van der Waals surface area (Å²) < 4.78 is 0. The average molecular weight is 325 g/mol. The molecule has 0 aliphatic carbocycles. The molecule has 0 aromatic heterocycles. The standard InChI is InChI=1S/C22H31NO/c1-17(2)7-6-14-23(4)16-19-10-12-20(13-11-19)22-9-5-8-21(15-22)18(3)24/h5,8-13,15,17-18,24H,6-7,14,16H2,1-4H3. The molecule has 2 aromatic carbocycles. The molecule has 0 bridgehead atoms. The lowest BCUT2D eigenvalue weighted by Gasteiger charge is -2.17. The monoisotopic (exact) mass is 325 g/mol. The van der Waals surface area contributed by atoms with Gasteiger partial charge in [-0.3, -0.25) is 0 Å². The second-order valence-electron chi connectivity index (χ2n) is 7.27. The van der Waals surface area contributed by atoms with Crippen molar-refractivity contribution in [2.24, 2.45) is 5.92 Å². The van der Waals surface area contributed by atoms with Crippen LogP contribution in [0.5, 0.6) is 0 Å². The zero-order chi connectivity index (χ0) is 17.5. The van der Waals surface area contributed by atoms with Crippen molar-refractivity contribution in [1.29, 1.82) is 0 Å². The van der Waals surface area contributed by atoms with Gasteiger partial charge in [-0.1, -0.05) is 56.3 Å². The molecule has 1 N–H and O–H groups in total. The molecular weight excluding hydrogens is 294 g/mol. The van der Waals surface area contributed by atoms with E-state index in [1.807, 2.05) is 12.1 Å². The fraction of sp³-hybridized carbons (Fsp3) is 0.455. The molecule has 2 nitrogen and oxygen atoms in total. The molecule has 0 saturated heterocycles. The van der Waals surface area contributed by atoms with Crippen LogP contribution in [0.1, 0.15) is 50.8 Å². The smallest absolute Gasteiger partial charge is 0.0762 e. The number of aliphatic hydroxyl groups excluding tert-OH is 1. The van der Waals surface area contributed by atoms with E-state index in [1.54, 1.807) is 6.92 Å². The fourth-order valence-corrected chi connectivity index (χ4v) is 2.94. The van der Waals surface area contributed by atoms with Gasteiger partial charge in [0.25, 0.3) is 0 Å². The molecule has 1 unspecified atom stereocenters. The van der Waals surface area contributed by atoms with Gasteiger partial charge in [-0.2, -0.15) is 0 Å². The molecule has 0 amide bonds. The minimum absolute atomic E-state index is 0.427. The maximum atomic E-state index is 9.74. The van der Waals surface area contributed by atoms with Crippen molar-refractivity contribution in [1.82, 2.24) is 4.90 Å². The lowest BCUT2D eigenvalue weighted by atomic mass is 10.00. The van der Waals surface area contributed by atoms with Crippen molar-refractivity contribution in [3.05, 3.63) is 59.7 Å². The van der Waals surface area contributed by atoms with E-state index in [2.05, 4.69) is 62.2 Å². The summed E-state index contributed by atoms with van der Waals surface area (Å²) in [5, 5.41) is 9.74. The van der Waals surface area contributed by atoms with Crippen molar-refractivity contribution in [2.75, 3.05) is 13.6 Å². The highest BCUT2D eigenvalue weighted by atomic mass is 16.3. The van der Waals surface area contributed by atoms with Gasteiger partial charge >= 0.3 is 0 Å². The van der Waals surface area contributed by atoms with Gasteiger partial charge < -0.3 is 10.0 Å². The van der Waals surface area contributed by atoms with Gasteiger partial charge in [-0.25, -0.2) is 0 Å². The van der Waals surface area contributed by atoms with E-state index in [-0.39, 0.29) is 0 Å². The highest BCUT2D eigenvalue weighted by Crippen LogP contribution is 2.24. The third-order valence-corrected chi connectivity index (χ3v) is 4.43. The number of aliphatic hydroxyl groups is 1. The summed E-state index contributed by atoms with van der Waals surface area (Å²) in [6, 6.07) is 16.9. The molecule has 0 spiro atoms. The molecule has 2 aromatic rings. The number of hydrogen-bond acceptors (Lipinski definition) is 2. The van der Waals surface area contributed by atoms with E-state index in [1.165, 1.54) is 24.0 Å². The van der Waals surface area contributed by atoms with Crippen LogP contribution in [0.3, 0.4) is 0 Å². The third-order valence-electron chi connectivity index (χ3n) is 4.43. The van der Waals surface area contributed by atoms with E-state index in [4.69, 9.17) is 0 Å². The molecule has 0 radical (unpaired) electrons. The number of nitrogens with zero attached hydrogens (tertiary/aromatic N) is 1. The second kappa shape index (κ2) is 9.00. The van der Waals surface area contributed by atoms with Crippen molar-refractivity contribution in [3.8, 4) is 11.1 Å². The zero-order valence-corrected chi connectivity index (χ0v) is 15.5. The Morgan fingerprint density at radius 2 is 1.67 bits per heavy atom. The van der Waals surface area contributed by atoms with Crippen LogP contribution in [-0.4, -0.2) is 23.6 Å². The van der Waals surface area contributed by atoms with Gasteiger partial charge in [-0.05, 0) is 67.6 Å². The Bertz CT molecular complexity index is 616. The lowest BCUT2D eigenvalue weighted by molar-refractivity contribution is 0.199. The Kier molecular flexibility index (Phi) is 7.01. The van der Waals surface area contributed by atoms with Crippen molar-refractivity contribution >= 4 is 0 Å². The predicted molar refractivity (Wildman–Crippen MR) is 103 cm³/mol. The first-order valence-electron chi connectivity index (χ1n) is 9.01. The summed E-state index contributed by atoms with van der Waals surface area (Å²) in [6.45, 7) is 8.51. The molecule has 2 rings (SSSR count). The first-order chi connectivity index (χ1) is 11.5. The van der Waals surface area contributed by atoms with Crippen LogP contribution in [-0.2, 0) is 6.54 Å². The Balaban J connectivity index is 1.96. The van der Waals surface area contributed by atoms with E-state index in [0.717, 1.165) is 30.1 Å². The van der Waals surface area contributed by atoms with Crippen LogP contribution >= 0.6 is 0 Å². The number of hydrogen-bond donors (Lipinski definition) is 1. The molecule has 24 heavy (non-hydrogen) atoms. The fourth-order valence-electron chi connectivity index (χ4n) is 2.94. The van der Waals surface area contributed by atoms with Crippen LogP contribution in [0.4, 0.5) is 0 Å². The van der Waals surface area contributed by atoms with Crippen LogP contribution in [0, 0.1) is 5.92 Å². The number of rotatable bonds is 8. The molecule has 1 atom stereocenters. The summed E-state index contributed by atoms with van der Waals surface area (Å²) in [7, 11) is 2.19. The molecule has 130 valence electrons. The van der Waals surface area contributed by atoms with Gasteiger partial charge in [0.1, 0.15) is 0 Å². The Labute approximate surface area is 147 Å². The minimum atomic E-state index is -0.427. The molecule has 0 aliphatic heterocycles. The minimum Gasteiger partial charge on any atom is -0.389 e. The Morgan fingerprint density at radius 1 is 0.958 bits per heavy atom. The van der Waals surface area contributed by atoms with Gasteiger partial charge in [0, 0.05) is 6.54 Å². The summed E-state index contributed by atoms with van der Waals surface area (Å²) in [5.74, 6) is 0.787. The Hall–Kier alpha value is -1.64. The van der Waals surface area contributed by atoms with Gasteiger partial charge in [0.05, 0.1) is 6.10 Å².